The van der Waals surface area contributed by atoms with Crippen molar-refractivity contribution in [2.45, 2.75) is 38.0 Å². The van der Waals surface area contributed by atoms with E-state index in [-0.39, 0.29) is 11.3 Å². The lowest BCUT2D eigenvalue weighted by molar-refractivity contribution is -0.137. The van der Waals surface area contributed by atoms with Crippen molar-refractivity contribution in [2.75, 3.05) is 5.75 Å². The van der Waals surface area contributed by atoms with Gasteiger partial charge in [0.25, 0.3) is 0 Å². The molecule has 0 aliphatic heterocycles. The average Bonchev–Trinajstić information content (AvgIpc) is 2.63. The van der Waals surface area contributed by atoms with Gasteiger partial charge in [0.1, 0.15) is 17.7 Å². The van der Waals surface area contributed by atoms with Crippen molar-refractivity contribution in [1.29, 1.82) is 0 Å². The van der Waals surface area contributed by atoms with Crippen molar-refractivity contribution in [3.05, 3.63) is 70.3 Å². The van der Waals surface area contributed by atoms with Crippen molar-refractivity contribution >= 4 is 17.7 Å². The van der Waals surface area contributed by atoms with Crippen molar-refractivity contribution in [3.8, 4) is 0 Å². The Bertz CT molecular complexity index is 762. The van der Waals surface area contributed by atoms with Gasteiger partial charge in [0.15, 0.2) is 0 Å². The van der Waals surface area contributed by atoms with Crippen LogP contribution in [-0.2, 0) is 17.6 Å². The van der Waals surface area contributed by atoms with Crippen LogP contribution in [0.5, 0.6) is 0 Å². The number of nitrogens with two attached hydrogens (primary N) is 1. The molecule has 26 heavy (non-hydrogen) atoms. The van der Waals surface area contributed by atoms with Crippen LogP contribution in [-0.4, -0.2) is 22.9 Å². The summed E-state index contributed by atoms with van der Waals surface area (Å²) in [5.41, 5.74) is 8.58. The molecule has 0 heterocycles. The second-order valence-corrected chi connectivity index (χ2v) is 7.17. The van der Waals surface area contributed by atoms with Gasteiger partial charge in [0, 0.05) is 11.3 Å². The summed E-state index contributed by atoms with van der Waals surface area (Å²) in [7, 11) is 0. The zero-order valence-electron chi connectivity index (χ0n) is 14.8. The van der Waals surface area contributed by atoms with E-state index >= 15 is 0 Å². The number of hydrogen-bond donors (Lipinski definition) is 2. The molecule has 0 aromatic heterocycles. The highest BCUT2D eigenvalue weighted by Crippen LogP contribution is 2.39. The molecule has 3 nitrogen and oxygen atoms in total. The molecular weight excluding hydrogens is 356 g/mol. The molecule has 2 aromatic carbocycles. The van der Waals surface area contributed by atoms with E-state index in [1.165, 1.54) is 23.8 Å². The molecule has 0 bridgehead atoms. The Hall–Kier alpha value is -1.92. The summed E-state index contributed by atoms with van der Waals surface area (Å²) in [4.78, 5) is 11.0. The molecule has 2 aromatic rings. The van der Waals surface area contributed by atoms with E-state index in [0.29, 0.717) is 0 Å². The number of halogens is 2. The number of aliphatic carboxylic acids is 1. The van der Waals surface area contributed by atoms with E-state index in [2.05, 4.69) is 6.92 Å². The topological polar surface area (TPSA) is 63.3 Å². The molecule has 0 amide bonds. The maximum atomic E-state index is 14.4. The number of carbonyl (C=O) groups is 1. The van der Waals surface area contributed by atoms with Gasteiger partial charge in [-0.25, -0.2) is 8.78 Å². The molecule has 0 fully saturated rings. The van der Waals surface area contributed by atoms with Crippen molar-refractivity contribution in [1.82, 2.24) is 0 Å². The molecule has 1 unspecified atom stereocenters. The number of carboxylic acids is 1. The minimum Gasteiger partial charge on any atom is -0.480 e. The lowest BCUT2D eigenvalue weighted by Gasteiger charge is -2.21. The van der Waals surface area contributed by atoms with E-state index < -0.39 is 28.9 Å². The van der Waals surface area contributed by atoms with Gasteiger partial charge in [-0.15, -0.1) is 11.8 Å². The summed E-state index contributed by atoms with van der Waals surface area (Å²) in [5.74, 6) is -2.39. The van der Waals surface area contributed by atoms with Gasteiger partial charge < -0.3 is 10.8 Å². The minimum absolute atomic E-state index is 0.0464. The highest BCUT2D eigenvalue weighted by Gasteiger charge is 2.25. The molecule has 0 spiro atoms. The first-order valence-corrected chi connectivity index (χ1v) is 9.59. The first kappa shape index (κ1) is 20.4. The van der Waals surface area contributed by atoms with Crippen LogP contribution in [0.25, 0.3) is 0 Å². The number of hydrogen-bond acceptors (Lipinski definition) is 3. The second kappa shape index (κ2) is 9.14. The fourth-order valence-electron chi connectivity index (χ4n) is 2.86. The maximum absolute atomic E-state index is 14.4. The van der Waals surface area contributed by atoms with Gasteiger partial charge in [0.05, 0.1) is 5.25 Å². The molecule has 140 valence electrons. The zero-order valence-corrected chi connectivity index (χ0v) is 15.7. The SMILES string of the molecule is CCc1ccc(C(SC[C@H](N)C(=O)O)c2c(F)cccc2F)cc1CC. The summed E-state index contributed by atoms with van der Waals surface area (Å²) < 4.78 is 28.8. The summed E-state index contributed by atoms with van der Waals surface area (Å²) in [5, 5.41) is 8.34. The molecular formula is C20H23F2NO2S. The van der Waals surface area contributed by atoms with E-state index in [9.17, 15) is 13.6 Å². The summed E-state index contributed by atoms with van der Waals surface area (Å²) in [6.07, 6.45) is 1.68. The normalized spacial score (nSPS) is 13.4. The fraction of sp³-hybridized carbons (Fsp3) is 0.350. The first-order chi connectivity index (χ1) is 12.4. The van der Waals surface area contributed by atoms with Gasteiger partial charge in [-0.3, -0.25) is 4.79 Å². The van der Waals surface area contributed by atoms with Crippen LogP contribution in [0, 0.1) is 11.6 Å². The third-order valence-corrected chi connectivity index (χ3v) is 5.71. The Morgan fingerprint density at radius 1 is 1.12 bits per heavy atom. The molecule has 0 saturated heterocycles. The van der Waals surface area contributed by atoms with Crippen molar-refractivity contribution in [3.63, 3.8) is 0 Å². The average molecular weight is 379 g/mol. The Morgan fingerprint density at radius 2 is 1.73 bits per heavy atom. The Balaban J connectivity index is 2.48. The lowest BCUT2D eigenvalue weighted by atomic mass is 9.96. The van der Waals surface area contributed by atoms with Gasteiger partial charge >= 0.3 is 5.97 Å². The Kier molecular flexibility index (Phi) is 7.17. The number of benzene rings is 2. The summed E-state index contributed by atoms with van der Waals surface area (Å²) in [6, 6.07) is 8.42. The quantitative estimate of drug-likeness (QED) is 0.717. The van der Waals surface area contributed by atoms with E-state index in [1.807, 2.05) is 25.1 Å². The molecule has 3 N–H and O–H groups in total. The van der Waals surface area contributed by atoms with Gasteiger partial charge in [-0.2, -0.15) is 0 Å². The third kappa shape index (κ3) is 4.62. The Morgan fingerprint density at radius 3 is 2.27 bits per heavy atom. The van der Waals surface area contributed by atoms with Crippen LogP contribution in [0.1, 0.15) is 41.4 Å². The van der Waals surface area contributed by atoms with Crippen LogP contribution in [0.15, 0.2) is 36.4 Å². The van der Waals surface area contributed by atoms with Crippen LogP contribution < -0.4 is 5.73 Å². The predicted octanol–water partition coefficient (Wildman–Crippen LogP) is 4.32. The summed E-state index contributed by atoms with van der Waals surface area (Å²) in [6.45, 7) is 4.09. The molecule has 0 radical (unpaired) electrons. The number of carboxylic acid groups (broad SMARTS) is 1. The molecule has 2 atom stereocenters. The smallest absolute Gasteiger partial charge is 0.321 e. The third-order valence-electron chi connectivity index (χ3n) is 4.32. The fourth-order valence-corrected chi connectivity index (χ4v) is 4.13. The summed E-state index contributed by atoms with van der Waals surface area (Å²) >= 11 is 1.14. The van der Waals surface area contributed by atoms with Crippen LogP contribution in [0.3, 0.4) is 0 Å². The zero-order chi connectivity index (χ0) is 19.3. The molecule has 0 saturated carbocycles. The molecule has 0 aliphatic carbocycles. The number of rotatable bonds is 8. The van der Waals surface area contributed by atoms with E-state index in [4.69, 9.17) is 10.8 Å². The Labute approximate surface area is 156 Å². The maximum Gasteiger partial charge on any atom is 0.321 e. The molecule has 6 heteroatoms. The van der Waals surface area contributed by atoms with Gasteiger partial charge in [-0.1, -0.05) is 38.1 Å². The highest BCUT2D eigenvalue weighted by molar-refractivity contribution is 7.99. The molecule has 0 aliphatic rings. The van der Waals surface area contributed by atoms with Gasteiger partial charge in [-0.05, 0) is 41.7 Å². The monoisotopic (exact) mass is 379 g/mol. The minimum atomic E-state index is -1.14. The predicted molar refractivity (Wildman–Crippen MR) is 101 cm³/mol. The van der Waals surface area contributed by atoms with Crippen LogP contribution >= 0.6 is 11.8 Å². The number of aryl methyl sites for hydroxylation is 2. The van der Waals surface area contributed by atoms with Crippen LogP contribution in [0.2, 0.25) is 0 Å². The van der Waals surface area contributed by atoms with Crippen molar-refractivity contribution in [2.24, 2.45) is 5.73 Å². The standard InChI is InChI=1S/C20H23F2NO2S/c1-3-12-8-9-14(10-13(12)4-2)19(26-11-17(23)20(24)25)18-15(21)6-5-7-16(18)22/h5-10,17,19H,3-4,11,23H2,1-2H3,(H,24,25)/t17-,19?/m0/s1. The lowest BCUT2D eigenvalue weighted by Crippen LogP contribution is -2.32. The van der Waals surface area contributed by atoms with E-state index in [0.717, 1.165) is 35.7 Å². The highest BCUT2D eigenvalue weighted by atomic mass is 32.2. The van der Waals surface area contributed by atoms with Gasteiger partial charge in [0.2, 0.25) is 0 Å². The van der Waals surface area contributed by atoms with E-state index in [1.54, 1.807) is 0 Å². The van der Waals surface area contributed by atoms with Crippen molar-refractivity contribution < 1.29 is 18.7 Å². The largest absolute Gasteiger partial charge is 0.480 e. The number of thioether (sulfide) groups is 1. The van der Waals surface area contributed by atoms with Crippen LogP contribution in [0.4, 0.5) is 8.78 Å². The molecule has 2 rings (SSSR count). The first-order valence-electron chi connectivity index (χ1n) is 8.54. The second-order valence-electron chi connectivity index (χ2n) is 6.03.